The van der Waals surface area contributed by atoms with E-state index in [4.69, 9.17) is 18.0 Å². The number of rotatable bonds is 5. The standard InChI is InChI=1S/C12H15N5O2S2/c1-8(2)17-11(5-6-15-17)16-21(18,19)9-3-4-10(12(13)20)14-7-9/h3-8,16H,1-2H3,(H2,13,20). The summed E-state index contributed by atoms with van der Waals surface area (Å²) < 4.78 is 28.7. The number of nitrogens with zero attached hydrogens (tertiary/aromatic N) is 3. The molecular formula is C12H15N5O2S2. The van der Waals surface area contributed by atoms with Crippen molar-refractivity contribution in [3.8, 4) is 0 Å². The molecule has 0 unspecified atom stereocenters. The molecule has 0 radical (unpaired) electrons. The Morgan fingerprint density at radius 2 is 2.10 bits per heavy atom. The number of sulfonamides is 1. The number of anilines is 1. The first-order chi connectivity index (χ1) is 9.81. The van der Waals surface area contributed by atoms with Crippen LogP contribution in [0.25, 0.3) is 0 Å². The Morgan fingerprint density at radius 1 is 1.38 bits per heavy atom. The summed E-state index contributed by atoms with van der Waals surface area (Å²) in [5.41, 5.74) is 5.80. The van der Waals surface area contributed by atoms with Crippen LogP contribution in [0.1, 0.15) is 25.6 Å². The van der Waals surface area contributed by atoms with Crippen LogP contribution in [0.5, 0.6) is 0 Å². The monoisotopic (exact) mass is 325 g/mol. The second-order valence-electron chi connectivity index (χ2n) is 4.60. The lowest BCUT2D eigenvalue weighted by Crippen LogP contribution is -2.18. The van der Waals surface area contributed by atoms with E-state index in [0.29, 0.717) is 11.5 Å². The second kappa shape index (κ2) is 5.78. The van der Waals surface area contributed by atoms with Gasteiger partial charge in [-0.25, -0.2) is 13.1 Å². The molecule has 9 heteroatoms. The molecule has 0 bridgehead atoms. The molecule has 0 aliphatic rings. The van der Waals surface area contributed by atoms with Gasteiger partial charge >= 0.3 is 0 Å². The van der Waals surface area contributed by atoms with Crippen LogP contribution in [0.2, 0.25) is 0 Å². The molecule has 0 atom stereocenters. The normalized spacial score (nSPS) is 11.6. The summed E-state index contributed by atoms with van der Waals surface area (Å²) in [5, 5.41) is 4.07. The van der Waals surface area contributed by atoms with Crippen LogP contribution in [0.3, 0.4) is 0 Å². The molecule has 0 saturated heterocycles. The van der Waals surface area contributed by atoms with E-state index in [-0.39, 0.29) is 15.9 Å². The molecule has 0 fully saturated rings. The third-order valence-electron chi connectivity index (χ3n) is 2.70. The lowest BCUT2D eigenvalue weighted by Gasteiger charge is -2.13. The van der Waals surface area contributed by atoms with Crippen LogP contribution in [0.15, 0.2) is 35.5 Å². The van der Waals surface area contributed by atoms with E-state index in [1.54, 1.807) is 10.7 Å². The molecule has 2 aromatic heterocycles. The van der Waals surface area contributed by atoms with Gasteiger partial charge in [-0.05, 0) is 26.0 Å². The van der Waals surface area contributed by atoms with Crippen LogP contribution < -0.4 is 10.5 Å². The Hall–Kier alpha value is -2.00. The lowest BCUT2D eigenvalue weighted by atomic mass is 10.3. The summed E-state index contributed by atoms with van der Waals surface area (Å²) in [6.45, 7) is 3.81. The third kappa shape index (κ3) is 3.37. The molecule has 7 nitrogen and oxygen atoms in total. The zero-order valence-electron chi connectivity index (χ0n) is 11.5. The van der Waals surface area contributed by atoms with Crippen LogP contribution in [0, 0.1) is 0 Å². The first-order valence-corrected chi connectivity index (χ1v) is 8.02. The molecule has 0 aromatic carbocycles. The number of hydrogen-bond donors (Lipinski definition) is 2. The van der Waals surface area contributed by atoms with Crippen LogP contribution in [-0.2, 0) is 10.0 Å². The minimum Gasteiger partial charge on any atom is -0.388 e. The van der Waals surface area contributed by atoms with Crippen molar-refractivity contribution in [3.63, 3.8) is 0 Å². The summed E-state index contributed by atoms with van der Waals surface area (Å²) in [7, 11) is -3.74. The van der Waals surface area contributed by atoms with E-state index in [9.17, 15) is 8.42 Å². The van der Waals surface area contributed by atoms with Crippen molar-refractivity contribution < 1.29 is 8.42 Å². The molecule has 0 aliphatic carbocycles. The zero-order chi connectivity index (χ0) is 15.6. The first-order valence-electron chi connectivity index (χ1n) is 6.13. The van der Waals surface area contributed by atoms with Gasteiger partial charge in [-0.15, -0.1) is 0 Å². The Labute approximate surface area is 128 Å². The van der Waals surface area contributed by atoms with Gasteiger partial charge in [0, 0.05) is 18.3 Å². The van der Waals surface area contributed by atoms with E-state index in [0.717, 1.165) is 0 Å². The fourth-order valence-corrected chi connectivity index (χ4v) is 2.80. The predicted molar refractivity (Wildman–Crippen MR) is 83.5 cm³/mol. The molecule has 0 spiro atoms. The summed E-state index contributed by atoms with van der Waals surface area (Å²) in [4.78, 5) is 4.07. The van der Waals surface area contributed by atoms with E-state index < -0.39 is 10.0 Å². The van der Waals surface area contributed by atoms with Gasteiger partial charge in [0.05, 0.1) is 11.9 Å². The largest absolute Gasteiger partial charge is 0.388 e. The molecule has 21 heavy (non-hydrogen) atoms. The average molecular weight is 325 g/mol. The van der Waals surface area contributed by atoms with Gasteiger partial charge in [-0.1, -0.05) is 12.2 Å². The van der Waals surface area contributed by atoms with Gasteiger partial charge in [-0.2, -0.15) is 5.10 Å². The number of nitrogens with one attached hydrogen (secondary N) is 1. The van der Waals surface area contributed by atoms with Gasteiger partial charge < -0.3 is 5.73 Å². The van der Waals surface area contributed by atoms with E-state index in [2.05, 4.69) is 14.8 Å². The SMILES string of the molecule is CC(C)n1nccc1NS(=O)(=O)c1ccc(C(N)=S)nc1. The Bertz CT molecular complexity index is 750. The first kappa shape index (κ1) is 15.4. The Balaban J connectivity index is 2.30. The average Bonchev–Trinajstić information content (AvgIpc) is 2.86. The predicted octanol–water partition coefficient (Wildman–Crippen LogP) is 1.29. The van der Waals surface area contributed by atoms with Crippen molar-refractivity contribution in [2.24, 2.45) is 5.73 Å². The van der Waals surface area contributed by atoms with Crippen molar-refractivity contribution in [2.45, 2.75) is 24.8 Å². The summed E-state index contributed by atoms with van der Waals surface area (Å²) in [5.74, 6) is 0.392. The molecule has 2 aromatic rings. The van der Waals surface area contributed by atoms with Crippen LogP contribution in [0.4, 0.5) is 5.82 Å². The maximum absolute atomic E-state index is 12.3. The van der Waals surface area contributed by atoms with Gasteiger partial charge in [0.1, 0.15) is 15.7 Å². The minimum atomic E-state index is -3.74. The number of aromatic nitrogens is 3. The highest BCUT2D eigenvalue weighted by atomic mass is 32.2. The number of nitrogens with two attached hydrogens (primary N) is 1. The highest BCUT2D eigenvalue weighted by molar-refractivity contribution is 7.92. The number of thiocarbonyl (C=S) groups is 1. The maximum atomic E-state index is 12.3. The molecule has 112 valence electrons. The topological polar surface area (TPSA) is 103 Å². The van der Waals surface area contributed by atoms with Gasteiger partial charge in [0.2, 0.25) is 0 Å². The van der Waals surface area contributed by atoms with E-state index in [1.807, 2.05) is 13.8 Å². The minimum absolute atomic E-state index is 0.0269. The maximum Gasteiger partial charge on any atom is 0.264 e. The Kier molecular flexibility index (Phi) is 4.24. The van der Waals surface area contributed by atoms with Crippen molar-refractivity contribution in [1.82, 2.24) is 14.8 Å². The van der Waals surface area contributed by atoms with Crippen LogP contribution >= 0.6 is 12.2 Å². The molecular weight excluding hydrogens is 310 g/mol. The molecule has 0 aliphatic heterocycles. The molecule has 0 amide bonds. The van der Waals surface area contributed by atoms with Crippen molar-refractivity contribution in [2.75, 3.05) is 4.72 Å². The molecule has 0 saturated carbocycles. The lowest BCUT2D eigenvalue weighted by molar-refractivity contribution is 0.539. The summed E-state index contributed by atoms with van der Waals surface area (Å²) in [6.07, 6.45) is 2.75. The van der Waals surface area contributed by atoms with E-state index in [1.165, 1.54) is 24.5 Å². The van der Waals surface area contributed by atoms with Crippen molar-refractivity contribution >= 4 is 33.0 Å². The molecule has 2 rings (SSSR count). The fraction of sp³-hybridized carbons (Fsp3) is 0.250. The highest BCUT2D eigenvalue weighted by Gasteiger charge is 2.18. The molecule has 2 heterocycles. The number of pyridine rings is 1. The highest BCUT2D eigenvalue weighted by Crippen LogP contribution is 2.18. The zero-order valence-corrected chi connectivity index (χ0v) is 13.1. The second-order valence-corrected chi connectivity index (χ2v) is 6.73. The smallest absolute Gasteiger partial charge is 0.264 e. The van der Waals surface area contributed by atoms with E-state index >= 15 is 0 Å². The van der Waals surface area contributed by atoms with Crippen LogP contribution in [-0.4, -0.2) is 28.2 Å². The van der Waals surface area contributed by atoms with Gasteiger partial charge in [0.25, 0.3) is 10.0 Å². The van der Waals surface area contributed by atoms with Gasteiger partial charge in [0.15, 0.2) is 0 Å². The quantitative estimate of drug-likeness (QED) is 0.803. The molecule has 3 N–H and O–H groups in total. The van der Waals surface area contributed by atoms with Gasteiger partial charge in [-0.3, -0.25) is 9.71 Å². The third-order valence-corrected chi connectivity index (χ3v) is 4.25. The number of hydrogen-bond acceptors (Lipinski definition) is 5. The van der Waals surface area contributed by atoms with Crippen molar-refractivity contribution in [3.05, 3.63) is 36.3 Å². The van der Waals surface area contributed by atoms with Crippen molar-refractivity contribution in [1.29, 1.82) is 0 Å². The fourth-order valence-electron chi connectivity index (χ4n) is 1.69. The summed E-state index contributed by atoms with van der Waals surface area (Å²) in [6, 6.07) is 4.50. The summed E-state index contributed by atoms with van der Waals surface area (Å²) >= 11 is 4.78. The Morgan fingerprint density at radius 3 is 2.62 bits per heavy atom.